The molecule has 0 amide bonds. The van der Waals surface area contributed by atoms with Gasteiger partial charge >= 0.3 is 0 Å². The molecule has 1 aliphatic carbocycles. The lowest BCUT2D eigenvalue weighted by molar-refractivity contribution is 0.567. The molecule has 1 saturated carbocycles. The second-order valence-corrected chi connectivity index (χ2v) is 5.10. The van der Waals surface area contributed by atoms with E-state index < -0.39 is 0 Å². The fourth-order valence-electron chi connectivity index (χ4n) is 2.03. The molecule has 0 heterocycles. The molecule has 2 heteroatoms. The predicted octanol–water partition coefficient (Wildman–Crippen LogP) is 2.52. The Hall–Kier alpha value is -0.860. The fraction of sp³-hybridized carbons (Fsp3) is 0.600. The Kier molecular flexibility index (Phi) is 5.02. The van der Waals surface area contributed by atoms with E-state index in [1.165, 1.54) is 24.8 Å². The number of rotatable bonds is 8. The molecular weight excluding hydrogens is 208 g/mol. The highest BCUT2D eigenvalue weighted by molar-refractivity contribution is 5.18. The van der Waals surface area contributed by atoms with E-state index in [2.05, 4.69) is 47.9 Å². The van der Waals surface area contributed by atoms with Gasteiger partial charge in [-0.3, -0.25) is 0 Å². The topological polar surface area (TPSA) is 24.1 Å². The molecule has 1 aromatic carbocycles. The maximum absolute atomic E-state index is 3.54. The summed E-state index contributed by atoms with van der Waals surface area (Å²) in [5.74, 6) is 0.604. The molecule has 17 heavy (non-hydrogen) atoms. The van der Waals surface area contributed by atoms with E-state index >= 15 is 0 Å². The second-order valence-electron chi connectivity index (χ2n) is 5.10. The Morgan fingerprint density at radius 1 is 1.18 bits per heavy atom. The van der Waals surface area contributed by atoms with Gasteiger partial charge in [-0.15, -0.1) is 0 Å². The molecule has 1 aromatic rings. The second kappa shape index (κ2) is 6.77. The van der Waals surface area contributed by atoms with Crippen LogP contribution in [-0.4, -0.2) is 25.7 Å². The molecule has 1 fully saturated rings. The van der Waals surface area contributed by atoms with Crippen LogP contribution in [0.15, 0.2) is 30.3 Å². The zero-order valence-corrected chi connectivity index (χ0v) is 10.8. The summed E-state index contributed by atoms with van der Waals surface area (Å²) in [6.07, 6.45) is 4.01. The zero-order chi connectivity index (χ0) is 11.9. The van der Waals surface area contributed by atoms with Crippen LogP contribution in [0.25, 0.3) is 0 Å². The summed E-state index contributed by atoms with van der Waals surface area (Å²) in [5.41, 5.74) is 1.43. The van der Waals surface area contributed by atoms with Gasteiger partial charge in [0.05, 0.1) is 0 Å². The van der Waals surface area contributed by atoms with Crippen LogP contribution in [0.3, 0.4) is 0 Å². The molecule has 1 unspecified atom stereocenters. The van der Waals surface area contributed by atoms with Crippen molar-refractivity contribution in [2.75, 3.05) is 19.6 Å². The van der Waals surface area contributed by atoms with Gasteiger partial charge in [0, 0.05) is 12.6 Å². The summed E-state index contributed by atoms with van der Waals surface area (Å²) in [6.45, 7) is 5.65. The summed E-state index contributed by atoms with van der Waals surface area (Å²) in [5, 5.41) is 7.07. The van der Waals surface area contributed by atoms with E-state index in [9.17, 15) is 0 Å². The smallest absolute Gasteiger partial charge is 0.00682 e. The Morgan fingerprint density at radius 2 is 1.94 bits per heavy atom. The Balaban J connectivity index is 1.52. The van der Waals surface area contributed by atoms with Crippen molar-refractivity contribution in [1.82, 2.24) is 10.6 Å². The number of nitrogens with one attached hydrogen (secondary N) is 2. The quantitative estimate of drug-likeness (QED) is 0.673. The van der Waals surface area contributed by atoms with E-state index in [1.807, 2.05) is 0 Å². The highest BCUT2D eigenvalue weighted by Crippen LogP contribution is 2.18. The summed E-state index contributed by atoms with van der Waals surface area (Å²) in [4.78, 5) is 0. The van der Waals surface area contributed by atoms with Crippen molar-refractivity contribution in [1.29, 1.82) is 0 Å². The molecule has 0 aromatic heterocycles. The first-order valence-electron chi connectivity index (χ1n) is 6.85. The largest absolute Gasteiger partial charge is 0.316 e. The molecule has 0 bridgehead atoms. The monoisotopic (exact) mass is 232 g/mol. The summed E-state index contributed by atoms with van der Waals surface area (Å²) in [7, 11) is 0. The van der Waals surface area contributed by atoms with E-state index in [1.54, 1.807) is 0 Å². The molecule has 0 aliphatic heterocycles. The summed E-state index contributed by atoms with van der Waals surface area (Å²) in [6, 6.07) is 11.6. The van der Waals surface area contributed by atoms with Crippen LogP contribution in [-0.2, 0) is 0 Å². The van der Waals surface area contributed by atoms with Gasteiger partial charge in [-0.2, -0.15) is 0 Å². The van der Waals surface area contributed by atoms with E-state index in [0.717, 1.165) is 25.7 Å². The third kappa shape index (κ3) is 4.88. The average Bonchev–Trinajstić information content (AvgIpc) is 3.18. The van der Waals surface area contributed by atoms with Crippen molar-refractivity contribution >= 4 is 0 Å². The van der Waals surface area contributed by atoms with Crippen molar-refractivity contribution < 1.29 is 0 Å². The lowest BCUT2D eigenvalue weighted by atomic mass is 10.0. The van der Waals surface area contributed by atoms with E-state index in [-0.39, 0.29) is 0 Å². The maximum Gasteiger partial charge on any atom is 0.00682 e. The van der Waals surface area contributed by atoms with Crippen molar-refractivity contribution in [3.8, 4) is 0 Å². The number of benzene rings is 1. The molecule has 2 rings (SSSR count). The van der Waals surface area contributed by atoms with Crippen LogP contribution in [0, 0.1) is 0 Å². The minimum absolute atomic E-state index is 0.604. The lowest BCUT2D eigenvalue weighted by Gasteiger charge is -2.13. The first-order valence-corrected chi connectivity index (χ1v) is 6.85. The fourth-order valence-corrected chi connectivity index (χ4v) is 2.03. The van der Waals surface area contributed by atoms with Gasteiger partial charge in [0.2, 0.25) is 0 Å². The summed E-state index contributed by atoms with van der Waals surface area (Å²) >= 11 is 0. The minimum Gasteiger partial charge on any atom is -0.316 e. The highest BCUT2D eigenvalue weighted by Gasteiger charge is 2.19. The molecular formula is C15H24N2. The van der Waals surface area contributed by atoms with Crippen molar-refractivity contribution in [3.05, 3.63) is 35.9 Å². The van der Waals surface area contributed by atoms with Crippen molar-refractivity contribution in [2.24, 2.45) is 0 Å². The molecule has 2 nitrogen and oxygen atoms in total. The van der Waals surface area contributed by atoms with E-state index in [0.29, 0.717) is 5.92 Å². The normalized spacial score (nSPS) is 17.0. The van der Waals surface area contributed by atoms with Crippen LogP contribution < -0.4 is 10.6 Å². The van der Waals surface area contributed by atoms with Gasteiger partial charge < -0.3 is 10.6 Å². The third-order valence-corrected chi connectivity index (χ3v) is 3.36. The molecule has 94 valence electrons. The van der Waals surface area contributed by atoms with E-state index in [4.69, 9.17) is 0 Å². The minimum atomic E-state index is 0.604. The molecule has 2 N–H and O–H groups in total. The third-order valence-electron chi connectivity index (χ3n) is 3.36. The number of hydrogen-bond acceptors (Lipinski definition) is 2. The van der Waals surface area contributed by atoms with Gasteiger partial charge in [0.15, 0.2) is 0 Å². The van der Waals surface area contributed by atoms with Crippen molar-refractivity contribution in [3.63, 3.8) is 0 Å². The predicted molar refractivity (Wildman–Crippen MR) is 73.4 cm³/mol. The summed E-state index contributed by atoms with van der Waals surface area (Å²) < 4.78 is 0. The molecule has 0 radical (unpaired) electrons. The van der Waals surface area contributed by atoms with Crippen molar-refractivity contribution in [2.45, 2.75) is 38.1 Å². The van der Waals surface area contributed by atoms with Gasteiger partial charge in [-0.1, -0.05) is 37.3 Å². The Labute approximate surface area is 105 Å². The Morgan fingerprint density at radius 3 is 2.65 bits per heavy atom. The van der Waals surface area contributed by atoms with Crippen LogP contribution in [0.1, 0.15) is 37.7 Å². The van der Waals surface area contributed by atoms with Crippen LogP contribution in [0.4, 0.5) is 0 Å². The molecule has 0 saturated heterocycles. The zero-order valence-electron chi connectivity index (χ0n) is 10.8. The Bertz CT molecular complexity index is 306. The van der Waals surface area contributed by atoms with Gasteiger partial charge in [0.25, 0.3) is 0 Å². The van der Waals surface area contributed by atoms with Gasteiger partial charge in [-0.25, -0.2) is 0 Å². The highest BCUT2D eigenvalue weighted by atomic mass is 14.9. The van der Waals surface area contributed by atoms with Crippen LogP contribution in [0.5, 0.6) is 0 Å². The van der Waals surface area contributed by atoms with Gasteiger partial charge in [0.1, 0.15) is 0 Å². The molecule has 0 spiro atoms. The molecule has 1 atom stereocenters. The lowest BCUT2D eigenvalue weighted by Crippen LogP contribution is -2.25. The average molecular weight is 232 g/mol. The SMILES string of the molecule is CC(CNCCCNC1CC1)c1ccccc1. The van der Waals surface area contributed by atoms with Crippen LogP contribution >= 0.6 is 0 Å². The maximum atomic E-state index is 3.54. The van der Waals surface area contributed by atoms with Gasteiger partial charge in [-0.05, 0) is 43.8 Å². The standard InChI is InChI=1S/C15H24N2/c1-13(14-6-3-2-4-7-14)12-16-10-5-11-17-15-8-9-15/h2-4,6-7,13,15-17H,5,8-12H2,1H3. The first-order chi connectivity index (χ1) is 8.36. The number of hydrogen-bond donors (Lipinski definition) is 2. The molecule has 1 aliphatic rings. The van der Waals surface area contributed by atoms with Crippen LogP contribution in [0.2, 0.25) is 0 Å². The first kappa shape index (κ1) is 12.6.